The molecule has 2 aliphatic heterocycles. The fraction of sp³-hybridized carbons (Fsp3) is 0.909. The summed E-state index contributed by atoms with van der Waals surface area (Å²) in [6.07, 6.45) is -7.58. The number of hydroxylamine groups is 4. The molecular formula is C22H39N2O6. The van der Waals surface area contributed by atoms with Crippen LogP contribution in [-0.4, -0.2) is 61.6 Å². The molecular weight excluding hydrogens is 388 g/mol. The molecule has 0 aromatic heterocycles. The lowest BCUT2D eigenvalue weighted by Crippen LogP contribution is -2.60. The highest BCUT2D eigenvalue weighted by atomic mass is 16.6. The van der Waals surface area contributed by atoms with Crippen molar-refractivity contribution in [2.24, 2.45) is 0 Å². The summed E-state index contributed by atoms with van der Waals surface area (Å²) in [6, 6.07) is 0. The van der Waals surface area contributed by atoms with Gasteiger partial charge in [-0.1, -0.05) is 0 Å². The van der Waals surface area contributed by atoms with E-state index in [1.54, 1.807) is 55.4 Å². The zero-order chi connectivity index (χ0) is 26.7. The molecule has 8 nitrogen and oxygen atoms in total. The molecule has 0 aromatic carbocycles. The van der Waals surface area contributed by atoms with Gasteiger partial charge in [-0.3, -0.25) is 9.59 Å². The Morgan fingerprint density at radius 2 is 1.10 bits per heavy atom. The van der Waals surface area contributed by atoms with Crippen LogP contribution in [0.4, 0.5) is 0 Å². The first kappa shape index (κ1) is 19.5. The maximum Gasteiger partial charge on any atom is 0.306 e. The predicted octanol–water partition coefficient (Wildman–Crippen LogP) is 3.63. The van der Waals surface area contributed by atoms with Crippen molar-refractivity contribution in [1.82, 2.24) is 10.1 Å². The summed E-state index contributed by atoms with van der Waals surface area (Å²) in [5.41, 5.74) is -3.29. The van der Waals surface area contributed by atoms with Crippen LogP contribution in [0.5, 0.6) is 0 Å². The standard InChI is InChI=1S/C22H39N2O6/c1-19(2)11-15(12-20(3,4)23(19)27)29-17(25)9-10-18(26)30-16-13-21(5,6)24(28)22(7,8)14-16/h15-16,27H,9-14H2,1-8H3/i9D2,10D2. The minimum atomic E-state index is -3.32. The Morgan fingerprint density at radius 3 is 1.43 bits per heavy atom. The minimum absolute atomic E-state index is 0.138. The quantitative estimate of drug-likeness (QED) is 0.664. The van der Waals surface area contributed by atoms with Crippen LogP contribution in [0.1, 0.15) is 99.3 Å². The van der Waals surface area contributed by atoms with E-state index in [1.807, 2.05) is 0 Å². The predicted molar refractivity (Wildman–Crippen MR) is 110 cm³/mol. The van der Waals surface area contributed by atoms with E-state index in [2.05, 4.69) is 0 Å². The number of carbonyl (C=O) groups is 2. The van der Waals surface area contributed by atoms with Crippen molar-refractivity contribution in [3.05, 3.63) is 0 Å². The monoisotopic (exact) mass is 431 g/mol. The highest BCUT2D eigenvalue weighted by Crippen LogP contribution is 2.39. The molecule has 30 heavy (non-hydrogen) atoms. The molecule has 173 valence electrons. The van der Waals surface area contributed by atoms with E-state index in [0.717, 1.165) is 5.06 Å². The second kappa shape index (κ2) is 8.37. The molecule has 0 aromatic rings. The van der Waals surface area contributed by atoms with E-state index < -0.39 is 59.0 Å². The maximum absolute atomic E-state index is 12.8. The van der Waals surface area contributed by atoms with Gasteiger partial charge in [-0.15, -0.1) is 10.3 Å². The number of hydrogen-bond donors (Lipinski definition) is 1. The van der Waals surface area contributed by atoms with Gasteiger partial charge >= 0.3 is 11.9 Å². The molecule has 8 heteroatoms. The Bertz CT molecular complexity index is 713. The van der Waals surface area contributed by atoms with Crippen LogP contribution in [0.2, 0.25) is 0 Å². The van der Waals surface area contributed by atoms with E-state index in [9.17, 15) is 20.0 Å². The smallest absolute Gasteiger partial charge is 0.306 e. The third-order valence-electron chi connectivity index (χ3n) is 5.97. The zero-order valence-corrected chi connectivity index (χ0v) is 19.4. The molecule has 0 saturated carbocycles. The summed E-state index contributed by atoms with van der Waals surface area (Å²) in [5, 5.41) is 25.0. The van der Waals surface area contributed by atoms with Crippen molar-refractivity contribution < 1.29 is 35.0 Å². The van der Waals surface area contributed by atoms with Crippen molar-refractivity contribution in [2.45, 2.75) is 128 Å². The highest BCUT2D eigenvalue weighted by molar-refractivity contribution is 5.77. The summed E-state index contributed by atoms with van der Waals surface area (Å²) >= 11 is 0. The molecule has 0 bridgehead atoms. The van der Waals surface area contributed by atoms with Crippen molar-refractivity contribution in [2.75, 3.05) is 0 Å². The first-order valence-corrected chi connectivity index (χ1v) is 10.4. The molecule has 1 radical (unpaired) electrons. The van der Waals surface area contributed by atoms with Gasteiger partial charge in [-0.05, 0) is 55.4 Å². The van der Waals surface area contributed by atoms with Gasteiger partial charge in [0.05, 0.1) is 12.7 Å². The second-order valence-electron chi connectivity index (χ2n) is 11.0. The molecule has 2 saturated heterocycles. The lowest BCUT2D eigenvalue weighted by atomic mass is 9.80. The largest absolute Gasteiger partial charge is 0.462 e. The Hall–Kier alpha value is -1.22. The second-order valence-corrected chi connectivity index (χ2v) is 11.0. The van der Waals surface area contributed by atoms with Crippen LogP contribution in [0.15, 0.2) is 0 Å². The normalized spacial score (nSPS) is 29.8. The van der Waals surface area contributed by atoms with Crippen LogP contribution in [0, 0.1) is 0 Å². The van der Waals surface area contributed by atoms with Crippen LogP contribution in [-0.2, 0) is 24.3 Å². The van der Waals surface area contributed by atoms with Crippen LogP contribution >= 0.6 is 0 Å². The van der Waals surface area contributed by atoms with Gasteiger partial charge in [-0.25, -0.2) is 0 Å². The number of carbonyl (C=O) groups excluding carboxylic acids is 2. The van der Waals surface area contributed by atoms with Gasteiger partial charge in [0.1, 0.15) is 12.2 Å². The number of ether oxygens (including phenoxy) is 2. The summed E-state index contributed by atoms with van der Waals surface area (Å²) in [6.45, 7) is 13.7. The van der Waals surface area contributed by atoms with Gasteiger partial charge in [0, 0.05) is 53.3 Å². The molecule has 2 heterocycles. The highest BCUT2D eigenvalue weighted by Gasteiger charge is 2.48. The SMILES string of the molecule is [2H]C([2H])(C(=O)OC1CC(C)(C)N([O])C(C)(C)C1)C([2H])([2H])C(=O)OC1CC(C)(C)N(O)C(C)(C)C1. The van der Waals surface area contributed by atoms with E-state index in [4.69, 9.17) is 15.0 Å². The molecule has 2 fully saturated rings. The van der Waals surface area contributed by atoms with Gasteiger partial charge in [0.2, 0.25) is 0 Å². The number of piperidine rings is 2. The van der Waals surface area contributed by atoms with Crippen molar-refractivity contribution in [3.8, 4) is 0 Å². The van der Waals surface area contributed by atoms with Gasteiger partial charge in [0.15, 0.2) is 0 Å². The number of esters is 2. The third-order valence-corrected chi connectivity index (χ3v) is 5.97. The number of nitrogens with zero attached hydrogens (tertiary/aromatic N) is 2. The lowest BCUT2D eigenvalue weighted by molar-refractivity contribution is -0.299. The topological polar surface area (TPSA) is 99.2 Å². The van der Waals surface area contributed by atoms with Crippen LogP contribution in [0.3, 0.4) is 0 Å². The molecule has 0 amide bonds. The Morgan fingerprint density at radius 1 is 0.800 bits per heavy atom. The van der Waals surface area contributed by atoms with Gasteiger partial charge < -0.3 is 14.7 Å². The van der Waals surface area contributed by atoms with E-state index in [-0.39, 0.29) is 25.7 Å². The Kier molecular flexibility index (Phi) is 5.43. The van der Waals surface area contributed by atoms with Crippen LogP contribution < -0.4 is 0 Å². The summed E-state index contributed by atoms with van der Waals surface area (Å²) in [7, 11) is 0. The minimum Gasteiger partial charge on any atom is -0.462 e. The summed E-state index contributed by atoms with van der Waals surface area (Å²) < 4.78 is 43.1. The van der Waals surface area contributed by atoms with Crippen molar-refractivity contribution >= 4 is 11.9 Å². The maximum atomic E-state index is 12.8. The van der Waals surface area contributed by atoms with Crippen molar-refractivity contribution in [1.29, 1.82) is 0 Å². The third kappa shape index (κ3) is 5.72. The van der Waals surface area contributed by atoms with E-state index >= 15 is 0 Å². The first-order chi connectivity index (χ1) is 15.0. The lowest BCUT2D eigenvalue weighted by Gasteiger charge is -2.50. The van der Waals surface area contributed by atoms with E-state index in [0.29, 0.717) is 0 Å². The summed E-state index contributed by atoms with van der Waals surface area (Å²) in [5.74, 6) is -3.02. The molecule has 0 aliphatic carbocycles. The molecule has 0 spiro atoms. The molecule has 2 rings (SSSR count). The summed E-state index contributed by atoms with van der Waals surface area (Å²) in [4.78, 5) is 25.5. The van der Waals surface area contributed by atoms with Crippen molar-refractivity contribution in [3.63, 3.8) is 0 Å². The first-order valence-electron chi connectivity index (χ1n) is 12.4. The van der Waals surface area contributed by atoms with Gasteiger partial charge in [0.25, 0.3) is 0 Å². The molecule has 0 unspecified atom stereocenters. The van der Waals surface area contributed by atoms with Crippen LogP contribution in [0.25, 0.3) is 0 Å². The fourth-order valence-corrected chi connectivity index (χ4v) is 4.98. The number of hydrogen-bond acceptors (Lipinski definition) is 7. The zero-order valence-electron chi connectivity index (χ0n) is 23.4. The average Bonchev–Trinajstić information content (AvgIpc) is 2.62. The average molecular weight is 432 g/mol. The van der Waals surface area contributed by atoms with Gasteiger partial charge in [-0.2, -0.15) is 5.06 Å². The molecule has 0 atom stereocenters. The molecule has 1 N–H and O–H groups in total. The number of rotatable bonds is 5. The Balaban J connectivity index is 2.15. The fourth-order valence-electron chi connectivity index (χ4n) is 4.98. The Labute approximate surface area is 186 Å². The van der Waals surface area contributed by atoms with E-state index in [1.165, 1.54) is 5.06 Å². The molecule has 2 aliphatic rings.